The third-order valence-corrected chi connectivity index (χ3v) is 3.67. The molecule has 0 aliphatic carbocycles. The Morgan fingerprint density at radius 3 is 2.79 bits per heavy atom. The molecule has 76 valence electrons. The highest BCUT2D eigenvalue weighted by Gasteiger charge is 2.23. The average molecular weight is 215 g/mol. The molecule has 1 aromatic heterocycles. The third-order valence-electron chi connectivity index (χ3n) is 2.09. The molecule has 1 aromatic rings. The van der Waals surface area contributed by atoms with Gasteiger partial charge in [-0.1, -0.05) is 0 Å². The first-order chi connectivity index (χ1) is 6.77. The van der Waals surface area contributed by atoms with Crippen LogP contribution in [-0.4, -0.2) is 32.5 Å². The van der Waals surface area contributed by atoms with Gasteiger partial charge in [0.2, 0.25) is 5.16 Å². The first kappa shape index (κ1) is 9.67. The Bertz CT molecular complexity index is 337. The normalized spacial score (nSPS) is 23.6. The Morgan fingerprint density at radius 1 is 1.50 bits per heavy atom. The molecule has 0 bridgehead atoms. The van der Waals surface area contributed by atoms with Crippen LogP contribution in [0.4, 0.5) is 4.39 Å². The van der Waals surface area contributed by atoms with Crippen LogP contribution in [0.3, 0.4) is 0 Å². The Morgan fingerprint density at radius 2 is 2.21 bits per heavy atom. The average Bonchev–Trinajstić information content (AvgIpc) is 2.71. The lowest BCUT2D eigenvalue weighted by Gasteiger charge is -2.05. The van der Waals surface area contributed by atoms with E-state index in [9.17, 15) is 8.60 Å². The molecule has 0 spiro atoms. The monoisotopic (exact) mass is 215 g/mol. The van der Waals surface area contributed by atoms with Crippen LogP contribution in [0.25, 0.3) is 0 Å². The molecule has 1 aliphatic heterocycles. The van der Waals surface area contributed by atoms with E-state index in [2.05, 4.69) is 15.3 Å². The SMILES string of the molecule is O=[S@@](c1ncc(F)cn1)[C@H]1CCNC1. The van der Waals surface area contributed by atoms with Crippen LogP contribution in [0.5, 0.6) is 0 Å². The Hall–Kier alpha value is -0.880. The van der Waals surface area contributed by atoms with Crippen molar-refractivity contribution in [3.8, 4) is 0 Å². The van der Waals surface area contributed by atoms with Gasteiger partial charge in [0.15, 0.2) is 5.82 Å². The molecule has 0 aromatic carbocycles. The summed E-state index contributed by atoms with van der Waals surface area (Å²) in [4.78, 5) is 7.42. The molecule has 2 atom stereocenters. The van der Waals surface area contributed by atoms with Crippen LogP contribution in [0.1, 0.15) is 6.42 Å². The fraction of sp³-hybridized carbons (Fsp3) is 0.500. The second kappa shape index (κ2) is 4.10. The van der Waals surface area contributed by atoms with Crippen molar-refractivity contribution in [2.45, 2.75) is 16.8 Å². The minimum atomic E-state index is -1.22. The smallest absolute Gasteiger partial charge is 0.218 e. The van der Waals surface area contributed by atoms with E-state index in [0.29, 0.717) is 6.54 Å². The van der Waals surface area contributed by atoms with Gasteiger partial charge in [-0.3, -0.25) is 4.21 Å². The molecule has 1 fully saturated rings. The Kier molecular flexibility index (Phi) is 2.83. The summed E-state index contributed by atoms with van der Waals surface area (Å²) < 4.78 is 24.3. The van der Waals surface area contributed by atoms with Gasteiger partial charge in [-0.2, -0.15) is 0 Å². The predicted molar refractivity (Wildman–Crippen MR) is 49.7 cm³/mol. The van der Waals surface area contributed by atoms with E-state index >= 15 is 0 Å². The lowest BCUT2D eigenvalue weighted by Crippen LogP contribution is -2.20. The summed E-state index contributed by atoms with van der Waals surface area (Å²) in [5.74, 6) is -0.504. The molecule has 14 heavy (non-hydrogen) atoms. The van der Waals surface area contributed by atoms with Gasteiger partial charge in [-0.15, -0.1) is 0 Å². The summed E-state index contributed by atoms with van der Waals surface area (Å²) in [6, 6.07) is 0. The van der Waals surface area contributed by atoms with Gasteiger partial charge in [0.25, 0.3) is 0 Å². The molecule has 0 saturated carbocycles. The van der Waals surface area contributed by atoms with Crippen LogP contribution in [0, 0.1) is 5.82 Å². The fourth-order valence-corrected chi connectivity index (χ4v) is 2.58. The number of rotatable bonds is 2. The van der Waals surface area contributed by atoms with Gasteiger partial charge in [-0.05, 0) is 13.0 Å². The molecular formula is C8H10FN3OS. The maximum absolute atomic E-state index is 12.5. The van der Waals surface area contributed by atoms with Crippen molar-refractivity contribution in [2.75, 3.05) is 13.1 Å². The van der Waals surface area contributed by atoms with Gasteiger partial charge in [0, 0.05) is 6.54 Å². The molecule has 1 aliphatic rings. The zero-order chi connectivity index (χ0) is 9.97. The molecule has 6 heteroatoms. The maximum Gasteiger partial charge on any atom is 0.218 e. The van der Waals surface area contributed by atoms with E-state index in [1.807, 2.05) is 0 Å². The summed E-state index contributed by atoms with van der Waals surface area (Å²) in [6.45, 7) is 1.59. The van der Waals surface area contributed by atoms with Crippen molar-refractivity contribution in [3.05, 3.63) is 18.2 Å². The summed E-state index contributed by atoms with van der Waals surface area (Å²) in [6.07, 6.45) is 2.94. The van der Waals surface area contributed by atoms with Gasteiger partial charge < -0.3 is 5.32 Å². The highest BCUT2D eigenvalue weighted by molar-refractivity contribution is 7.85. The number of nitrogens with zero attached hydrogens (tertiary/aromatic N) is 2. The van der Waals surface area contributed by atoms with Crippen LogP contribution < -0.4 is 5.32 Å². The number of aromatic nitrogens is 2. The van der Waals surface area contributed by atoms with Crippen LogP contribution >= 0.6 is 0 Å². The largest absolute Gasteiger partial charge is 0.315 e. The molecule has 2 heterocycles. The lowest BCUT2D eigenvalue weighted by molar-refractivity contribution is 0.601. The van der Waals surface area contributed by atoms with E-state index in [-0.39, 0.29) is 10.4 Å². The van der Waals surface area contributed by atoms with Crippen molar-refractivity contribution in [3.63, 3.8) is 0 Å². The highest BCUT2D eigenvalue weighted by atomic mass is 32.2. The van der Waals surface area contributed by atoms with Crippen LogP contribution in [0.15, 0.2) is 17.6 Å². The van der Waals surface area contributed by atoms with Crippen LogP contribution in [0.2, 0.25) is 0 Å². The minimum Gasteiger partial charge on any atom is -0.315 e. The first-order valence-electron chi connectivity index (χ1n) is 4.36. The summed E-state index contributed by atoms with van der Waals surface area (Å²) >= 11 is 0. The topological polar surface area (TPSA) is 54.9 Å². The number of hydrogen-bond donors (Lipinski definition) is 1. The van der Waals surface area contributed by atoms with Gasteiger partial charge >= 0.3 is 0 Å². The van der Waals surface area contributed by atoms with E-state index in [4.69, 9.17) is 0 Å². The lowest BCUT2D eigenvalue weighted by atomic mass is 10.4. The predicted octanol–water partition coefficient (Wildman–Crippen LogP) is 0.0852. The van der Waals surface area contributed by atoms with Gasteiger partial charge in [-0.25, -0.2) is 14.4 Å². The summed E-state index contributed by atoms with van der Waals surface area (Å²) in [5, 5.41) is 3.39. The molecule has 2 rings (SSSR count). The maximum atomic E-state index is 12.5. The zero-order valence-electron chi connectivity index (χ0n) is 7.44. The van der Waals surface area contributed by atoms with E-state index in [1.54, 1.807) is 0 Å². The van der Waals surface area contributed by atoms with E-state index in [0.717, 1.165) is 25.4 Å². The third kappa shape index (κ3) is 1.96. The van der Waals surface area contributed by atoms with Gasteiger partial charge in [0.1, 0.15) is 0 Å². The molecular weight excluding hydrogens is 205 g/mol. The van der Waals surface area contributed by atoms with E-state index in [1.165, 1.54) is 0 Å². The second-order valence-corrected chi connectivity index (χ2v) is 4.72. The van der Waals surface area contributed by atoms with Gasteiger partial charge in [0.05, 0.1) is 28.4 Å². The van der Waals surface area contributed by atoms with Crippen molar-refractivity contribution in [1.29, 1.82) is 0 Å². The minimum absolute atomic E-state index is 0.0560. The number of nitrogens with one attached hydrogen (secondary N) is 1. The second-order valence-electron chi connectivity index (χ2n) is 3.10. The Labute approximate surface area is 83.4 Å². The van der Waals surface area contributed by atoms with E-state index < -0.39 is 16.6 Å². The van der Waals surface area contributed by atoms with Crippen LogP contribution in [-0.2, 0) is 10.8 Å². The number of halogens is 1. The fourth-order valence-electron chi connectivity index (χ4n) is 1.36. The molecule has 0 unspecified atom stereocenters. The van der Waals surface area contributed by atoms with Crippen molar-refractivity contribution < 1.29 is 8.60 Å². The summed E-state index contributed by atoms with van der Waals surface area (Å²) in [5.41, 5.74) is 0. The van der Waals surface area contributed by atoms with Crippen molar-refractivity contribution in [2.24, 2.45) is 0 Å². The molecule has 4 nitrogen and oxygen atoms in total. The quantitative estimate of drug-likeness (QED) is 0.710. The summed E-state index contributed by atoms with van der Waals surface area (Å²) in [7, 11) is -1.22. The van der Waals surface area contributed by atoms with Crippen molar-refractivity contribution >= 4 is 10.8 Å². The Balaban J connectivity index is 2.14. The first-order valence-corrected chi connectivity index (χ1v) is 5.57. The highest BCUT2D eigenvalue weighted by Crippen LogP contribution is 2.11. The number of hydrogen-bond acceptors (Lipinski definition) is 4. The molecule has 1 N–H and O–H groups in total. The standard InChI is InChI=1S/C8H10FN3OS/c9-6-3-11-8(12-4-6)14(13)7-1-2-10-5-7/h3-4,7,10H,1-2,5H2/t7-,14+/m0/s1. The molecule has 1 saturated heterocycles. The zero-order valence-corrected chi connectivity index (χ0v) is 8.26. The molecule has 0 radical (unpaired) electrons. The molecule has 0 amide bonds. The van der Waals surface area contributed by atoms with Crippen molar-refractivity contribution in [1.82, 2.24) is 15.3 Å².